The second kappa shape index (κ2) is 7.13. The molecule has 7 heteroatoms. The summed E-state index contributed by atoms with van der Waals surface area (Å²) in [7, 11) is -2.05. The van der Waals surface area contributed by atoms with E-state index in [-0.39, 0.29) is 17.1 Å². The van der Waals surface area contributed by atoms with Gasteiger partial charge in [0.15, 0.2) is 0 Å². The summed E-state index contributed by atoms with van der Waals surface area (Å²) >= 11 is 0. The van der Waals surface area contributed by atoms with Crippen LogP contribution in [0.5, 0.6) is 5.75 Å². The molecule has 1 fully saturated rings. The summed E-state index contributed by atoms with van der Waals surface area (Å²) in [6, 6.07) is 13.0. The highest BCUT2D eigenvalue weighted by Gasteiger charge is 2.29. The third kappa shape index (κ3) is 3.85. The van der Waals surface area contributed by atoms with Crippen molar-refractivity contribution in [3.05, 3.63) is 59.2 Å². The van der Waals surface area contributed by atoms with Crippen LogP contribution in [0, 0.1) is 13.8 Å². The molecule has 0 amide bonds. The van der Waals surface area contributed by atoms with Crippen LogP contribution in [0.3, 0.4) is 0 Å². The van der Waals surface area contributed by atoms with Crippen LogP contribution in [-0.4, -0.2) is 21.7 Å². The fourth-order valence-corrected chi connectivity index (χ4v) is 4.33. The number of methoxy groups -OCH3 is 1. The van der Waals surface area contributed by atoms with E-state index in [2.05, 4.69) is 34.6 Å². The Bertz CT molecular complexity index is 868. The molecule has 0 aromatic heterocycles. The van der Waals surface area contributed by atoms with Crippen LogP contribution in [-0.2, 0) is 10.0 Å². The van der Waals surface area contributed by atoms with Crippen molar-refractivity contribution < 1.29 is 13.2 Å². The standard InChI is InChI=1S/C18H23N3O3S/c1-12-6-4-5-7-15(12)16-11-18(20-19-16)21-25(22,23)14-8-9-17(24-3)13(2)10-14/h4-10,16,18-21H,11H2,1-3H3. The van der Waals surface area contributed by atoms with Gasteiger partial charge in [0.2, 0.25) is 10.0 Å². The van der Waals surface area contributed by atoms with Crippen LogP contribution in [0.25, 0.3) is 0 Å². The van der Waals surface area contributed by atoms with Crippen molar-refractivity contribution in [1.82, 2.24) is 15.6 Å². The van der Waals surface area contributed by atoms with Crippen molar-refractivity contribution in [3.63, 3.8) is 0 Å². The van der Waals surface area contributed by atoms with Crippen LogP contribution >= 0.6 is 0 Å². The van der Waals surface area contributed by atoms with Crippen LogP contribution in [0.1, 0.15) is 29.2 Å². The summed E-state index contributed by atoms with van der Waals surface area (Å²) in [6.07, 6.45) is 0.246. The van der Waals surface area contributed by atoms with Gasteiger partial charge in [-0.15, -0.1) is 0 Å². The van der Waals surface area contributed by atoms with Gasteiger partial charge in [-0.1, -0.05) is 24.3 Å². The Morgan fingerprint density at radius 1 is 1.08 bits per heavy atom. The first-order chi connectivity index (χ1) is 11.9. The van der Waals surface area contributed by atoms with Crippen LogP contribution in [0.4, 0.5) is 0 Å². The minimum absolute atomic E-state index is 0.0616. The molecule has 2 aromatic rings. The lowest BCUT2D eigenvalue weighted by molar-refractivity contribution is 0.411. The Hall–Kier alpha value is -1.93. The highest BCUT2D eigenvalue weighted by atomic mass is 32.2. The van der Waals surface area contributed by atoms with Crippen molar-refractivity contribution in [2.45, 2.75) is 37.4 Å². The number of hydrogen-bond donors (Lipinski definition) is 3. The summed E-state index contributed by atoms with van der Waals surface area (Å²) in [5.41, 5.74) is 9.32. The number of hydrazine groups is 1. The molecule has 0 spiro atoms. The molecule has 3 rings (SSSR count). The third-order valence-corrected chi connectivity index (χ3v) is 5.91. The minimum atomic E-state index is -3.61. The summed E-state index contributed by atoms with van der Waals surface area (Å²) < 4.78 is 33.2. The van der Waals surface area contributed by atoms with Crippen molar-refractivity contribution in [2.75, 3.05) is 7.11 Å². The van der Waals surface area contributed by atoms with Crippen molar-refractivity contribution in [2.24, 2.45) is 0 Å². The predicted molar refractivity (Wildman–Crippen MR) is 96.6 cm³/mol. The first-order valence-corrected chi connectivity index (χ1v) is 9.62. The molecule has 6 nitrogen and oxygen atoms in total. The van der Waals surface area contributed by atoms with E-state index in [4.69, 9.17) is 4.74 Å². The summed E-state index contributed by atoms with van der Waals surface area (Å²) in [5.74, 6) is 0.666. The number of sulfonamides is 1. The average molecular weight is 361 g/mol. The molecule has 2 atom stereocenters. The molecule has 1 aliphatic heterocycles. The maximum atomic E-state index is 12.6. The molecule has 134 valence electrons. The summed E-state index contributed by atoms with van der Waals surface area (Å²) in [6.45, 7) is 3.87. The van der Waals surface area contributed by atoms with Gasteiger partial charge in [0, 0.05) is 6.04 Å². The van der Waals surface area contributed by atoms with E-state index >= 15 is 0 Å². The van der Waals surface area contributed by atoms with Crippen molar-refractivity contribution >= 4 is 10.0 Å². The zero-order valence-electron chi connectivity index (χ0n) is 14.5. The Morgan fingerprint density at radius 3 is 2.52 bits per heavy atom. The number of hydrogen-bond acceptors (Lipinski definition) is 5. The van der Waals surface area contributed by atoms with E-state index in [0.717, 1.165) is 11.1 Å². The Morgan fingerprint density at radius 2 is 1.84 bits per heavy atom. The number of nitrogens with one attached hydrogen (secondary N) is 3. The molecule has 1 heterocycles. The Kier molecular flexibility index (Phi) is 5.10. The fraction of sp³-hybridized carbons (Fsp3) is 0.333. The van der Waals surface area contributed by atoms with Gasteiger partial charge in [0.1, 0.15) is 5.75 Å². The maximum Gasteiger partial charge on any atom is 0.241 e. The largest absolute Gasteiger partial charge is 0.496 e. The molecule has 2 aromatic carbocycles. The van der Waals surface area contributed by atoms with E-state index in [0.29, 0.717) is 12.2 Å². The molecule has 1 aliphatic rings. The molecule has 0 saturated carbocycles. The first kappa shape index (κ1) is 17.9. The number of benzene rings is 2. The van der Waals surface area contributed by atoms with Gasteiger partial charge in [0.25, 0.3) is 0 Å². The maximum absolute atomic E-state index is 12.6. The summed E-state index contributed by atoms with van der Waals surface area (Å²) in [5, 5.41) is 0. The van der Waals surface area contributed by atoms with Crippen molar-refractivity contribution in [1.29, 1.82) is 0 Å². The normalized spacial score (nSPS) is 20.6. The molecule has 25 heavy (non-hydrogen) atoms. The molecule has 1 saturated heterocycles. The van der Waals surface area contributed by atoms with Crippen LogP contribution in [0.2, 0.25) is 0 Å². The lowest BCUT2D eigenvalue weighted by atomic mass is 10.00. The predicted octanol–water partition coefficient (Wildman–Crippen LogP) is 2.16. The SMILES string of the molecule is COc1ccc(S(=O)(=O)NC2CC(c3ccccc3C)NN2)cc1C. The number of rotatable bonds is 5. The fourth-order valence-electron chi connectivity index (χ4n) is 3.09. The van der Waals surface area contributed by atoms with Crippen LogP contribution < -0.4 is 20.3 Å². The van der Waals surface area contributed by atoms with E-state index in [1.165, 1.54) is 5.56 Å². The number of aryl methyl sites for hydroxylation is 2. The monoisotopic (exact) mass is 361 g/mol. The van der Waals surface area contributed by atoms with E-state index in [9.17, 15) is 8.42 Å². The highest BCUT2D eigenvalue weighted by molar-refractivity contribution is 7.89. The van der Waals surface area contributed by atoms with Gasteiger partial charge in [-0.2, -0.15) is 4.72 Å². The first-order valence-electron chi connectivity index (χ1n) is 8.14. The lowest BCUT2D eigenvalue weighted by Gasteiger charge is -2.14. The number of ether oxygens (including phenoxy) is 1. The third-order valence-electron chi connectivity index (χ3n) is 4.44. The zero-order valence-corrected chi connectivity index (χ0v) is 15.4. The summed E-state index contributed by atoms with van der Waals surface area (Å²) in [4.78, 5) is 0.229. The second-order valence-corrected chi connectivity index (χ2v) is 7.95. The van der Waals surface area contributed by atoms with E-state index in [1.807, 2.05) is 19.1 Å². The molecule has 2 unspecified atom stereocenters. The Labute approximate surface area is 148 Å². The Balaban J connectivity index is 1.72. The molecule has 0 bridgehead atoms. The average Bonchev–Trinajstić information content (AvgIpc) is 3.02. The van der Waals surface area contributed by atoms with Crippen molar-refractivity contribution in [3.8, 4) is 5.75 Å². The van der Waals surface area contributed by atoms with Crippen LogP contribution in [0.15, 0.2) is 47.4 Å². The van der Waals surface area contributed by atoms with Gasteiger partial charge >= 0.3 is 0 Å². The molecule has 0 aliphatic carbocycles. The smallest absolute Gasteiger partial charge is 0.241 e. The molecule has 0 radical (unpaired) electrons. The van der Waals surface area contributed by atoms with E-state index in [1.54, 1.807) is 25.3 Å². The van der Waals surface area contributed by atoms with Gasteiger partial charge in [0.05, 0.1) is 18.2 Å². The quantitative estimate of drug-likeness (QED) is 0.761. The van der Waals surface area contributed by atoms with Gasteiger partial charge in [-0.25, -0.2) is 19.3 Å². The van der Waals surface area contributed by atoms with Gasteiger partial charge < -0.3 is 4.74 Å². The van der Waals surface area contributed by atoms with Gasteiger partial charge in [-0.05, 0) is 55.2 Å². The molecular weight excluding hydrogens is 338 g/mol. The zero-order chi connectivity index (χ0) is 18.0. The topological polar surface area (TPSA) is 79.5 Å². The van der Waals surface area contributed by atoms with E-state index < -0.39 is 10.0 Å². The van der Waals surface area contributed by atoms with Gasteiger partial charge in [-0.3, -0.25) is 0 Å². The second-order valence-electron chi connectivity index (χ2n) is 6.24. The lowest BCUT2D eigenvalue weighted by Crippen LogP contribution is -2.44. The molecule has 3 N–H and O–H groups in total. The minimum Gasteiger partial charge on any atom is -0.496 e. The highest BCUT2D eigenvalue weighted by Crippen LogP contribution is 2.26. The molecular formula is C18H23N3O3S.